The highest BCUT2D eigenvalue weighted by atomic mass is 35.5. The molecule has 182 valence electrons. The summed E-state index contributed by atoms with van der Waals surface area (Å²) in [7, 11) is 1.61. The number of nitro groups is 1. The predicted octanol–water partition coefficient (Wildman–Crippen LogP) is 5.76. The van der Waals surface area contributed by atoms with Crippen LogP contribution in [0.1, 0.15) is 21.5 Å². The summed E-state index contributed by atoms with van der Waals surface area (Å²) in [6, 6.07) is 17.3. The number of aromatic carboxylic acids is 1. The van der Waals surface area contributed by atoms with E-state index in [1.165, 1.54) is 40.9 Å². The van der Waals surface area contributed by atoms with Crippen LogP contribution in [0.25, 0.3) is 6.08 Å². The number of hydrogen-bond acceptors (Lipinski definition) is 7. The summed E-state index contributed by atoms with van der Waals surface area (Å²) in [6.45, 7) is 0.105. The predicted molar refractivity (Wildman–Crippen MR) is 138 cm³/mol. The number of carbonyl (C=O) groups excluding carboxylic acids is 1. The molecular weight excluding hydrogens is 506 g/mol. The molecule has 1 fully saturated rings. The Morgan fingerprint density at radius 3 is 2.61 bits per heavy atom. The summed E-state index contributed by atoms with van der Waals surface area (Å²) in [4.78, 5) is 40.5. The van der Waals surface area contributed by atoms with E-state index >= 15 is 0 Å². The third-order valence-corrected chi connectivity index (χ3v) is 6.47. The monoisotopic (exact) mass is 523 g/mol. The summed E-state index contributed by atoms with van der Waals surface area (Å²) in [5, 5.41) is 20.7. The quantitative estimate of drug-likeness (QED) is 0.237. The fourth-order valence-corrected chi connectivity index (χ4v) is 4.47. The van der Waals surface area contributed by atoms with E-state index in [-0.39, 0.29) is 23.8 Å². The first-order valence-corrected chi connectivity index (χ1v) is 11.7. The number of amidine groups is 1. The Balaban J connectivity index is 1.47. The number of nitrogens with zero attached hydrogens (tertiary/aromatic N) is 3. The van der Waals surface area contributed by atoms with E-state index in [1.807, 2.05) is 0 Å². The van der Waals surface area contributed by atoms with Crippen molar-refractivity contribution >= 4 is 57.9 Å². The number of benzene rings is 3. The molecule has 1 amide bonds. The van der Waals surface area contributed by atoms with Gasteiger partial charge in [0.15, 0.2) is 5.17 Å². The normalized spacial score (nSPS) is 15.5. The smallest absolute Gasteiger partial charge is 0.335 e. The number of thioether (sulfide) groups is 1. The van der Waals surface area contributed by atoms with Gasteiger partial charge in [-0.1, -0.05) is 29.8 Å². The zero-order valence-electron chi connectivity index (χ0n) is 18.8. The van der Waals surface area contributed by atoms with Crippen LogP contribution in [0.5, 0.6) is 5.75 Å². The van der Waals surface area contributed by atoms with Gasteiger partial charge in [0.25, 0.3) is 11.6 Å². The van der Waals surface area contributed by atoms with Gasteiger partial charge in [0.1, 0.15) is 12.4 Å². The summed E-state index contributed by atoms with van der Waals surface area (Å²) in [5.41, 5.74) is 1.97. The molecule has 9 nitrogen and oxygen atoms in total. The number of aliphatic imine (C=N–C) groups is 1. The molecular formula is C25H18ClN3O6S. The number of carboxylic acid groups (broad SMARTS) is 1. The van der Waals surface area contributed by atoms with Crippen molar-refractivity contribution in [2.75, 3.05) is 7.05 Å². The lowest BCUT2D eigenvalue weighted by molar-refractivity contribution is -0.384. The Kier molecular flexibility index (Phi) is 7.37. The van der Waals surface area contributed by atoms with E-state index < -0.39 is 10.9 Å². The molecule has 1 heterocycles. The van der Waals surface area contributed by atoms with E-state index in [2.05, 4.69) is 4.99 Å². The maximum absolute atomic E-state index is 12.7. The third-order valence-electron chi connectivity index (χ3n) is 5.11. The van der Waals surface area contributed by atoms with Gasteiger partial charge in [-0.2, -0.15) is 0 Å². The minimum Gasteiger partial charge on any atom is -0.487 e. The molecule has 36 heavy (non-hydrogen) atoms. The molecule has 0 aliphatic carbocycles. The third kappa shape index (κ3) is 5.73. The molecule has 0 radical (unpaired) electrons. The maximum atomic E-state index is 12.7. The van der Waals surface area contributed by atoms with E-state index in [0.717, 1.165) is 0 Å². The van der Waals surface area contributed by atoms with Crippen molar-refractivity contribution in [2.45, 2.75) is 6.61 Å². The first-order chi connectivity index (χ1) is 17.2. The van der Waals surface area contributed by atoms with Gasteiger partial charge in [-0.3, -0.25) is 19.8 Å². The number of non-ortho nitro benzene ring substituents is 1. The van der Waals surface area contributed by atoms with Gasteiger partial charge < -0.3 is 9.84 Å². The van der Waals surface area contributed by atoms with Gasteiger partial charge in [-0.25, -0.2) is 9.79 Å². The number of nitro benzene ring substituents is 1. The molecule has 1 N–H and O–H groups in total. The number of ether oxygens (including phenoxy) is 1. The van der Waals surface area contributed by atoms with Crippen LogP contribution in [0.4, 0.5) is 11.4 Å². The maximum Gasteiger partial charge on any atom is 0.335 e. The highest BCUT2D eigenvalue weighted by Crippen LogP contribution is 2.34. The second-order valence-corrected chi connectivity index (χ2v) is 9.04. The lowest BCUT2D eigenvalue weighted by Crippen LogP contribution is -2.23. The van der Waals surface area contributed by atoms with Gasteiger partial charge in [0.05, 0.1) is 26.1 Å². The Labute approximate surface area is 214 Å². The summed E-state index contributed by atoms with van der Waals surface area (Å²) in [6.07, 6.45) is 1.69. The Morgan fingerprint density at radius 2 is 1.94 bits per heavy atom. The SMILES string of the molecule is CN1C(=O)C(=Cc2ccc(OCc3cccc([N+](=O)[O-])c3)c(Cl)c2)SC1=Nc1ccc(C(=O)O)cc1. The highest BCUT2D eigenvalue weighted by molar-refractivity contribution is 8.18. The van der Waals surface area contributed by atoms with Gasteiger partial charge in [0, 0.05) is 19.2 Å². The van der Waals surface area contributed by atoms with Crippen LogP contribution in [0.2, 0.25) is 5.02 Å². The standard InChI is InChI=1S/C25H18ClN3O6S/c1-28-23(30)22(36-25(28)27-18-8-6-17(7-9-18)24(31)32)13-15-5-10-21(20(26)12-15)35-14-16-3-2-4-19(11-16)29(33)34/h2-13H,14H2,1H3,(H,31,32). The van der Waals surface area contributed by atoms with Gasteiger partial charge in [-0.05, 0) is 65.4 Å². The van der Waals surface area contributed by atoms with Crippen LogP contribution in [0.15, 0.2) is 76.6 Å². The molecule has 0 aromatic heterocycles. The fraction of sp³-hybridized carbons (Fsp3) is 0.0800. The van der Waals surface area contributed by atoms with E-state index in [4.69, 9.17) is 21.4 Å². The van der Waals surface area contributed by atoms with Crippen molar-refractivity contribution in [3.8, 4) is 5.75 Å². The van der Waals surface area contributed by atoms with Crippen LogP contribution in [0.3, 0.4) is 0 Å². The minimum absolute atomic E-state index is 0.0203. The first-order valence-electron chi connectivity index (χ1n) is 10.5. The van der Waals surface area contributed by atoms with Gasteiger partial charge in [-0.15, -0.1) is 0 Å². The van der Waals surface area contributed by atoms with Gasteiger partial charge in [0.2, 0.25) is 0 Å². The Morgan fingerprint density at radius 1 is 1.19 bits per heavy atom. The zero-order valence-corrected chi connectivity index (χ0v) is 20.3. The number of rotatable bonds is 7. The molecule has 1 aliphatic heterocycles. The van der Waals surface area contributed by atoms with Crippen molar-refractivity contribution in [2.24, 2.45) is 4.99 Å². The molecule has 0 unspecified atom stereocenters. The zero-order chi connectivity index (χ0) is 25.8. The molecule has 3 aromatic carbocycles. The average Bonchev–Trinajstić information content (AvgIpc) is 3.11. The number of likely N-dealkylation sites (N-methyl/N-ethyl adjacent to an activating group) is 1. The number of halogens is 1. The Hall–Kier alpha value is -4.15. The molecule has 0 spiro atoms. The van der Waals surface area contributed by atoms with Gasteiger partial charge >= 0.3 is 5.97 Å². The summed E-state index contributed by atoms with van der Waals surface area (Å²) < 4.78 is 5.72. The van der Waals surface area contributed by atoms with E-state index in [1.54, 1.807) is 55.6 Å². The molecule has 0 saturated carbocycles. The largest absolute Gasteiger partial charge is 0.487 e. The summed E-state index contributed by atoms with van der Waals surface area (Å²) >= 11 is 7.56. The minimum atomic E-state index is -1.03. The second kappa shape index (κ2) is 10.6. The van der Waals surface area contributed by atoms with Crippen molar-refractivity contribution < 1.29 is 24.4 Å². The molecule has 0 atom stereocenters. The number of hydrogen-bond donors (Lipinski definition) is 1. The lowest BCUT2D eigenvalue weighted by Gasteiger charge is -2.09. The van der Waals surface area contributed by atoms with Crippen molar-refractivity contribution in [3.05, 3.63) is 103 Å². The molecule has 4 rings (SSSR count). The molecule has 11 heteroatoms. The molecule has 1 saturated heterocycles. The number of carboxylic acids is 1. The molecule has 3 aromatic rings. The fourth-order valence-electron chi connectivity index (χ4n) is 3.24. The molecule has 0 bridgehead atoms. The van der Waals surface area contributed by atoms with Crippen LogP contribution >= 0.6 is 23.4 Å². The Bertz CT molecular complexity index is 1420. The van der Waals surface area contributed by atoms with Crippen LogP contribution < -0.4 is 4.74 Å². The van der Waals surface area contributed by atoms with Crippen LogP contribution in [-0.2, 0) is 11.4 Å². The number of amides is 1. The average molecular weight is 524 g/mol. The first kappa shape index (κ1) is 25.0. The van der Waals surface area contributed by atoms with Crippen molar-refractivity contribution in [1.82, 2.24) is 4.90 Å². The van der Waals surface area contributed by atoms with E-state index in [0.29, 0.717) is 37.7 Å². The number of carbonyl (C=O) groups is 2. The lowest BCUT2D eigenvalue weighted by atomic mass is 10.2. The summed E-state index contributed by atoms with van der Waals surface area (Å²) in [5.74, 6) is -0.857. The van der Waals surface area contributed by atoms with Crippen molar-refractivity contribution in [1.29, 1.82) is 0 Å². The topological polar surface area (TPSA) is 122 Å². The highest BCUT2D eigenvalue weighted by Gasteiger charge is 2.30. The second-order valence-electron chi connectivity index (χ2n) is 7.63. The molecule has 1 aliphatic rings. The van der Waals surface area contributed by atoms with Crippen LogP contribution in [-0.4, -0.2) is 39.0 Å². The van der Waals surface area contributed by atoms with Crippen LogP contribution in [0, 0.1) is 10.1 Å². The van der Waals surface area contributed by atoms with Crippen molar-refractivity contribution in [3.63, 3.8) is 0 Å². The van der Waals surface area contributed by atoms with E-state index in [9.17, 15) is 19.7 Å².